The van der Waals surface area contributed by atoms with Crippen molar-refractivity contribution in [2.75, 3.05) is 11.9 Å². The highest BCUT2D eigenvalue weighted by Gasteiger charge is 2.30. The number of hydrogen-bond donors (Lipinski definition) is 1. The molecule has 0 aliphatic rings. The summed E-state index contributed by atoms with van der Waals surface area (Å²) in [5.41, 5.74) is -0.589. The Kier molecular flexibility index (Phi) is 5.05. The Labute approximate surface area is 114 Å². The van der Waals surface area contributed by atoms with E-state index in [0.717, 1.165) is 12.8 Å². The van der Waals surface area contributed by atoms with Gasteiger partial charge in [-0.2, -0.15) is 0 Å². The Morgan fingerprint density at radius 3 is 2.42 bits per heavy atom. The number of rotatable bonds is 6. The highest BCUT2D eigenvalue weighted by Crippen LogP contribution is 2.41. The quantitative estimate of drug-likeness (QED) is 0.489. The van der Waals surface area contributed by atoms with Gasteiger partial charge >= 0.3 is 5.69 Å². The molecular formula is C11H14ClN3O4. The van der Waals surface area contributed by atoms with Gasteiger partial charge in [0.25, 0.3) is 5.69 Å². The van der Waals surface area contributed by atoms with Gasteiger partial charge in [0.1, 0.15) is 5.02 Å². The molecule has 1 aromatic carbocycles. The van der Waals surface area contributed by atoms with Gasteiger partial charge in [-0.15, -0.1) is 0 Å². The van der Waals surface area contributed by atoms with E-state index in [1.165, 1.54) is 13.0 Å². The average molecular weight is 288 g/mol. The number of hydrogen-bond acceptors (Lipinski definition) is 5. The van der Waals surface area contributed by atoms with Gasteiger partial charge in [-0.3, -0.25) is 20.2 Å². The number of nitro groups is 2. The number of nitrogens with one attached hydrogen (secondary N) is 1. The normalized spacial score (nSPS) is 10.3. The maximum atomic E-state index is 11.1. The van der Waals surface area contributed by atoms with Crippen molar-refractivity contribution >= 4 is 28.7 Å². The van der Waals surface area contributed by atoms with Crippen LogP contribution < -0.4 is 5.32 Å². The third-order valence-corrected chi connectivity index (χ3v) is 3.09. The Bertz CT molecular complexity index is 519. The molecule has 0 amide bonds. The molecule has 19 heavy (non-hydrogen) atoms. The molecule has 1 aromatic rings. The molecule has 0 saturated carbocycles. The summed E-state index contributed by atoms with van der Waals surface area (Å²) in [6.07, 6.45) is 1.62. The van der Waals surface area contributed by atoms with Gasteiger partial charge in [0.15, 0.2) is 5.69 Å². The molecule has 0 aromatic heterocycles. The van der Waals surface area contributed by atoms with E-state index in [4.69, 9.17) is 11.6 Å². The van der Waals surface area contributed by atoms with Gasteiger partial charge in [-0.05, 0) is 18.9 Å². The van der Waals surface area contributed by atoms with Gasteiger partial charge in [0.05, 0.1) is 9.85 Å². The van der Waals surface area contributed by atoms with Crippen molar-refractivity contribution in [3.8, 4) is 0 Å². The van der Waals surface area contributed by atoms with E-state index in [2.05, 4.69) is 5.32 Å². The fourth-order valence-electron chi connectivity index (χ4n) is 1.64. The lowest BCUT2D eigenvalue weighted by molar-refractivity contribution is -0.392. The molecule has 0 fully saturated rings. The van der Waals surface area contributed by atoms with Crippen LogP contribution in [0.1, 0.15) is 25.3 Å². The van der Waals surface area contributed by atoms with Gasteiger partial charge in [-0.25, -0.2) is 0 Å². The number of anilines is 1. The minimum absolute atomic E-state index is 0.0744. The van der Waals surface area contributed by atoms with E-state index in [9.17, 15) is 20.2 Å². The molecule has 0 atom stereocenters. The number of nitrogens with zero attached hydrogens (tertiary/aromatic N) is 2. The van der Waals surface area contributed by atoms with Crippen LogP contribution in [0.4, 0.5) is 17.1 Å². The first kappa shape index (κ1) is 15.2. The fraction of sp³-hybridized carbons (Fsp3) is 0.455. The molecule has 0 saturated heterocycles. The van der Waals surface area contributed by atoms with E-state index in [1.807, 2.05) is 6.92 Å². The highest BCUT2D eigenvalue weighted by atomic mass is 35.5. The summed E-state index contributed by atoms with van der Waals surface area (Å²) in [6, 6.07) is 1.24. The summed E-state index contributed by atoms with van der Waals surface area (Å²) in [7, 11) is 0. The first-order valence-electron chi connectivity index (χ1n) is 5.75. The van der Waals surface area contributed by atoms with E-state index >= 15 is 0 Å². The molecule has 0 heterocycles. The zero-order chi connectivity index (χ0) is 14.6. The Hall–Kier alpha value is -1.89. The lowest BCUT2D eigenvalue weighted by Crippen LogP contribution is -2.08. The van der Waals surface area contributed by atoms with Crippen LogP contribution in [0.3, 0.4) is 0 Å². The van der Waals surface area contributed by atoms with Crippen LogP contribution in [0.15, 0.2) is 6.07 Å². The second kappa shape index (κ2) is 6.33. The minimum Gasteiger partial charge on any atom is -0.374 e. The number of unbranched alkanes of at least 4 members (excludes halogenated alkanes) is 1. The second-order valence-corrected chi connectivity index (χ2v) is 4.42. The third-order valence-electron chi connectivity index (χ3n) is 2.61. The van der Waals surface area contributed by atoms with Gasteiger partial charge in [0, 0.05) is 12.6 Å². The van der Waals surface area contributed by atoms with E-state index in [-0.39, 0.29) is 16.4 Å². The Morgan fingerprint density at radius 1 is 1.32 bits per heavy atom. The van der Waals surface area contributed by atoms with Crippen LogP contribution in [0.25, 0.3) is 0 Å². The predicted molar refractivity (Wildman–Crippen MR) is 72.9 cm³/mol. The largest absolute Gasteiger partial charge is 0.374 e. The van der Waals surface area contributed by atoms with Gasteiger partial charge in [0.2, 0.25) is 0 Å². The zero-order valence-corrected chi connectivity index (χ0v) is 11.4. The maximum absolute atomic E-state index is 11.1. The predicted octanol–water partition coefficient (Wildman–Crippen LogP) is 3.68. The molecule has 0 aliphatic heterocycles. The van der Waals surface area contributed by atoms with Crippen LogP contribution in [-0.4, -0.2) is 16.4 Å². The van der Waals surface area contributed by atoms with Crippen molar-refractivity contribution in [3.63, 3.8) is 0 Å². The Balaban J connectivity index is 3.39. The van der Waals surface area contributed by atoms with Crippen LogP contribution in [0.5, 0.6) is 0 Å². The highest BCUT2D eigenvalue weighted by molar-refractivity contribution is 6.34. The summed E-state index contributed by atoms with van der Waals surface area (Å²) in [4.78, 5) is 20.7. The summed E-state index contributed by atoms with van der Waals surface area (Å²) < 4.78 is 0. The molecule has 0 unspecified atom stereocenters. The monoisotopic (exact) mass is 287 g/mol. The lowest BCUT2D eigenvalue weighted by Gasteiger charge is -2.09. The van der Waals surface area contributed by atoms with Crippen molar-refractivity contribution in [2.24, 2.45) is 0 Å². The van der Waals surface area contributed by atoms with Crippen molar-refractivity contribution < 1.29 is 9.85 Å². The molecule has 8 heteroatoms. The van der Waals surface area contributed by atoms with Crippen LogP contribution >= 0.6 is 11.6 Å². The molecular weight excluding hydrogens is 274 g/mol. The number of aryl methyl sites for hydroxylation is 1. The molecule has 7 nitrogen and oxygen atoms in total. The molecule has 1 N–H and O–H groups in total. The summed E-state index contributed by atoms with van der Waals surface area (Å²) in [5, 5.41) is 24.7. The lowest BCUT2D eigenvalue weighted by atomic mass is 10.1. The smallest absolute Gasteiger partial charge is 0.318 e. The van der Waals surface area contributed by atoms with Crippen molar-refractivity contribution in [1.29, 1.82) is 0 Å². The first-order chi connectivity index (χ1) is 8.90. The molecule has 0 bridgehead atoms. The molecule has 0 spiro atoms. The fourth-order valence-corrected chi connectivity index (χ4v) is 1.86. The third kappa shape index (κ3) is 3.31. The summed E-state index contributed by atoms with van der Waals surface area (Å²) in [5.74, 6) is 0. The minimum atomic E-state index is -0.698. The topological polar surface area (TPSA) is 98.3 Å². The van der Waals surface area contributed by atoms with E-state index in [0.29, 0.717) is 12.1 Å². The SMILES string of the molecule is CCCCNc1c([N+](=O)[O-])cc(C)c(Cl)c1[N+](=O)[O-]. The Morgan fingerprint density at radius 2 is 1.95 bits per heavy atom. The van der Waals surface area contributed by atoms with Crippen molar-refractivity contribution in [2.45, 2.75) is 26.7 Å². The van der Waals surface area contributed by atoms with Crippen LogP contribution in [-0.2, 0) is 0 Å². The molecule has 0 aliphatic carbocycles. The van der Waals surface area contributed by atoms with Gasteiger partial charge in [-0.1, -0.05) is 24.9 Å². The van der Waals surface area contributed by atoms with Crippen molar-refractivity contribution in [3.05, 3.63) is 36.9 Å². The average Bonchev–Trinajstić information content (AvgIpc) is 2.32. The van der Waals surface area contributed by atoms with E-state index in [1.54, 1.807) is 0 Å². The first-order valence-corrected chi connectivity index (χ1v) is 6.13. The van der Waals surface area contributed by atoms with Crippen LogP contribution in [0, 0.1) is 27.2 Å². The molecule has 104 valence electrons. The standard InChI is InChI=1S/C11H14ClN3O4/c1-3-4-5-13-10-8(14(16)17)6-7(2)9(12)11(10)15(18)19/h6,13H,3-5H2,1-2H3. The van der Waals surface area contributed by atoms with Gasteiger partial charge < -0.3 is 5.32 Å². The van der Waals surface area contributed by atoms with E-state index < -0.39 is 15.5 Å². The maximum Gasteiger partial charge on any atom is 0.318 e. The second-order valence-electron chi connectivity index (χ2n) is 4.04. The van der Waals surface area contributed by atoms with Crippen LogP contribution in [0.2, 0.25) is 5.02 Å². The molecule has 0 radical (unpaired) electrons. The molecule has 1 rings (SSSR count). The summed E-state index contributed by atoms with van der Waals surface area (Å²) in [6.45, 7) is 3.86. The zero-order valence-electron chi connectivity index (χ0n) is 10.6. The van der Waals surface area contributed by atoms with Crippen molar-refractivity contribution in [1.82, 2.24) is 0 Å². The summed E-state index contributed by atoms with van der Waals surface area (Å²) >= 11 is 5.88. The number of nitro benzene ring substituents is 2. The number of halogens is 1. The number of benzene rings is 1.